The average molecular weight is 377 g/mol. The Morgan fingerprint density at radius 3 is 2.48 bits per heavy atom. The summed E-state index contributed by atoms with van der Waals surface area (Å²) in [6.07, 6.45) is -0.183. The van der Waals surface area contributed by atoms with E-state index in [1.807, 2.05) is 0 Å². The van der Waals surface area contributed by atoms with Crippen LogP contribution in [0.2, 0.25) is 0 Å². The highest BCUT2D eigenvalue weighted by Crippen LogP contribution is 2.33. The number of carbonyl (C=O) groups is 3. The molecular formula is C18H23N3O6. The number of nitrogens with zero attached hydrogens (tertiary/aromatic N) is 1. The first kappa shape index (κ1) is 20.1. The second-order valence-corrected chi connectivity index (χ2v) is 5.98. The van der Waals surface area contributed by atoms with E-state index in [0.717, 1.165) is 10.9 Å². The van der Waals surface area contributed by atoms with Gasteiger partial charge in [-0.3, -0.25) is 14.4 Å². The summed E-state index contributed by atoms with van der Waals surface area (Å²) in [4.78, 5) is 35.1. The molecule has 9 nitrogen and oxygen atoms in total. The first-order valence-electron chi connectivity index (χ1n) is 8.30. The zero-order valence-electron chi connectivity index (χ0n) is 15.7. The fourth-order valence-electron chi connectivity index (χ4n) is 2.66. The van der Waals surface area contributed by atoms with Gasteiger partial charge in [0.25, 0.3) is 5.91 Å². The molecule has 9 heteroatoms. The van der Waals surface area contributed by atoms with Gasteiger partial charge in [0.2, 0.25) is 5.91 Å². The Balaban J connectivity index is 2.18. The lowest BCUT2D eigenvalue weighted by Crippen LogP contribution is -2.45. The van der Waals surface area contributed by atoms with Crippen molar-refractivity contribution in [2.45, 2.75) is 19.4 Å². The van der Waals surface area contributed by atoms with E-state index in [1.54, 1.807) is 36.9 Å². The van der Waals surface area contributed by atoms with Gasteiger partial charge in [0.15, 0.2) is 0 Å². The predicted molar refractivity (Wildman–Crippen MR) is 98.2 cm³/mol. The van der Waals surface area contributed by atoms with Crippen LogP contribution in [0.4, 0.5) is 0 Å². The molecule has 1 heterocycles. The highest BCUT2D eigenvalue weighted by atomic mass is 16.5. The molecule has 2 aromatic rings. The van der Waals surface area contributed by atoms with Gasteiger partial charge in [0.1, 0.15) is 23.2 Å². The average Bonchev–Trinajstić information content (AvgIpc) is 2.97. The topological polar surface area (TPSA) is 119 Å². The van der Waals surface area contributed by atoms with Crippen LogP contribution in [0.5, 0.6) is 11.5 Å². The van der Waals surface area contributed by atoms with Crippen molar-refractivity contribution >= 4 is 28.7 Å². The number of hydrogen-bond donors (Lipinski definition) is 3. The van der Waals surface area contributed by atoms with E-state index in [1.165, 1.54) is 14.0 Å². The molecule has 2 rings (SSSR count). The van der Waals surface area contributed by atoms with Gasteiger partial charge in [-0.15, -0.1) is 0 Å². The van der Waals surface area contributed by atoms with Crippen LogP contribution in [0.15, 0.2) is 18.2 Å². The number of carboxylic acid groups (broad SMARTS) is 1. The van der Waals surface area contributed by atoms with Crippen molar-refractivity contribution in [3.05, 3.63) is 23.9 Å². The Morgan fingerprint density at radius 1 is 1.19 bits per heavy atom. The number of carbonyl (C=O) groups excluding carboxylic acids is 2. The lowest BCUT2D eigenvalue weighted by Gasteiger charge is -2.14. The van der Waals surface area contributed by atoms with E-state index in [4.69, 9.17) is 14.6 Å². The Morgan fingerprint density at radius 2 is 1.89 bits per heavy atom. The Hall–Kier alpha value is -3.23. The van der Waals surface area contributed by atoms with Gasteiger partial charge < -0.3 is 29.8 Å². The molecule has 1 unspecified atom stereocenters. The van der Waals surface area contributed by atoms with Crippen LogP contribution in [0.3, 0.4) is 0 Å². The van der Waals surface area contributed by atoms with E-state index in [2.05, 4.69) is 10.6 Å². The minimum Gasteiger partial charge on any atom is -0.497 e. The number of nitrogens with one attached hydrogen (secondary N) is 2. The fourth-order valence-corrected chi connectivity index (χ4v) is 2.66. The number of hydrogen-bond acceptors (Lipinski definition) is 5. The summed E-state index contributed by atoms with van der Waals surface area (Å²) in [5.41, 5.74) is 1.09. The van der Waals surface area contributed by atoms with Crippen LogP contribution < -0.4 is 20.1 Å². The highest BCUT2D eigenvalue weighted by molar-refractivity contribution is 6.02. The maximum absolute atomic E-state index is 12.6. The predicted octanol–water partition coefficient (Wildman–Crippen LogP) is 0.905. The van der Waals surface area contributed by atoms with Crippen molar-refractivity contribution in [1.82, 2.24) is 15.2 Å². The lowest BCUT2D eigenvalue weighted by molar-refractivity contribution is -0.137. The molecule has 0 radical (unpaired) electrons. The van der Waals surface area contributed by atoms with Crippen molar-refractivity contribution in [1.29, 1.82) is 0 Å². The third kappa shape index (κ3) is 4.49. The molecule has 146 valence electrons. The summed E-state index contributed by atoms with van der Waals surface area (Å²) in [5, 5.41) is 14.4. The van der Waals surface area contributed by atoms with Gasteiger partial charge in [-0.25, -0.2) is 0 Å². The van der Waals surface area contributed by atoms with Gasteiger partial charge in [0.05, 0.1) is 26.2 Å². The van der Waals surface area contributed by atoms with E-state index in [0.29, 0.717) is 17.2 Å². The number of aliphatic carboxylic acids is 1. The number of aryl methyl sites for hydroxylation is 1. The van der Waals surface area contributed by atoms with Crippen molar-refractivity contribution in [3.63, 3.8) is 0 Å². The standard InChI is InChI=1S/C18H23N3O6/c1-10(17(24)19-6-5-16(22)23)20-18(25)14-9-12-13(21(14)2)7-11(26-3)8-15(12)27-4/h7-10H,5-6H2,1-4H3,(H,19,24)(H,20,25)(H,22,23). The molecule has 0 saturated heterocycles. The molecule has 1 aromatic heterocycles. The molecule has 0 fully saturated rings. The number of fused-ring (bicyclic) bond motifs is 1. The molecule has 1 atom stereocenters. The van der Waals surface area contributed by atoms with Crippen molar-refractivity contribution in [3.8, 4) is 11.5 Å². The molecule has 0 saturated carbocycles. The number of rotatable bonds is 8. The highest BCUT2D eigenvalue weighted by Gasteiger charge is 2.21. The second kappa shape index (κ2) is 8.43. The summed E-state index contributed by atoms with van der Waals surface area (Å²) in [7, 11) is 4.81. The van der Waals surface area contributed by atoms with E-state index in [9.17, 15) is 14.4 Å². The van der Waals surface area contributed by atoms with Crippen LogP contribution in [-0.4, -0.2) is 54.3 Å². The monoisotopic (exact) mass is 377 g/mol. The summed E-state index contributed by atoms with van der Waals surface area (Å²) in [6.45, 7) is 1.53. The first-order chi connectivity index (χ1) is 12.8. The maximum Gasteiger partial charge on any atom is 0.305 e. The summed E-state index contributed by atoms with van der Waals surface area (Å²) in [5.74, 6) is -0.734. The van der Waals surface area contributed by atoms with Crippen LogP contribution in [0, 0.1) is 0 Å². The largest absolute Gasteiger partial charge is 0.497 e. The number of amides is 2. The number of benzene rings is 1. The molecule has 0 aliphatic carbocycles. The molecular weight excluding hydrogens is 354 g/mol. The molecule has 27 heavy (non-hydrogen) atoms. The minimum atomic E-state index is -1.01. The number of methoxy groups -OCH3 is 2. The van der Waals surface area contributed by atoms with Crippen molar-refractivity contribution in [2.24, 2.45) is 7.05 Å². The smallest absolute Gasteiger partial charge is 0.305 e. The Kier molecular flexibility index (Phi) is 6.27. The van der Waals surface area contributed by atoms with E-state index < -0.39 is 23.8 Å². The zero-order valence-corrected chi connectivity index (χ0v) is 15.7. The molecule has 1 aromatic carbocycles. The second-order valence-electron chi connectivity index (χ2n) is 5.98. The SMILES string of the molecule is COc1cc(OC)c2cc(C(=O)NC(C)C(=O)NCCC(=O)O)n(C)c2c1. The number of aromatic nitrogens is 1. The van der Waals surface area contributed by atoms with Crippen molar-refractivity contribution < 1.29 is 29.0 Å². The van der Waals surface area contributed by atoms with E-state index in [-0.39, 0.29) is 13.0 Å². The number of carboxylic acids is 1. The molecule has 3 N–H and O–H groups in total. The van der Waals surface area contributed by atoms with Gasteiger partial charge in [-0.1, -0.05) is 0 Å². The van der Waals surface area contributed by atoms with Gasteiger partial charge >= 0.3 is 5.97 Å². The maximum atomic E-state index is 12.6. The molecule has 2 amide bonds. The van der Waals surface area contributed by atoms with Crippen LogP contribution >= 0.6 is 0 Å². The van der Waals surface area contributed by atoms with E-state index >= 15 is 0 Å². The molecule has 0 bridgehead atoms. The Labute approximate surface area is 156 Å². The summed E-state index contributed by atoms with van der Waals surface area (Å²) >= 11 is 0. The summed E-state index contributed by atoms with van der Waals surface area (Å²) < 4.78 is 12.3. The quantitative estimate of drug-likeness (QED) is 0.629. The first-order valence-corrected chi connectivity index (χ1v) is 8.30. The van der Waals surface area contributed by atoms with Crippen LogP contribution in [-0.2, 0) is 16.6 Å². The van der Waals surface area contributed by atoms with Gasteiger partial charge in [-0.2, -0.15) is 0 Å². The molecule has 0 aliphatic rings. The molecule has 0 aliphatic heterocycles. The normalized spacial score (nSPS) is 11.7. The fraction of sp³-hybridized carbons (Fsp3) is 0.389. The van der Waals surface area contributed by atoms with Gasteiger partial charge in [-0.05, 0) is 13.0 Å². The van der Waals surface area contributed by atoms with Crippen LogP contribution in [0.1, 0.15) is 23.8 Å². The summed E-state index contributed by atoms with van der Waals surface area (Å²) in [6, 6.07) is 4.37. The number of ether oxygens (including phenoxy) is 2. The zero-order chi connectivity index (χ0) is 20.1. The van der Waals surface area contributed by atoms with Gasteiger partial charge in [0, 0.05) is 31.1 Å². The van der Waals surface area contributed by atoms with Crippen LogP contribution in [0.25, 0.3) is 10.9 Å². The molecule has 0 spiro atoms. The lowest BCUT2D eigenvalue weighted by atomic mass is 10.2. The third-order valence-electron chi connectivity index (χ3n) is 4.16. The third-order valence-corrected chi connectivity index (χ3v) is 4.16. The Bertz CT molecular complexity index is 874. The van der Waals surface area contributed by atoms with Crippen molar-refractivity contribution in [2.75, 3.05) is 20.8 Å². The minimum absolute atomic E-state index is 0.000584.